The summed E-state index contributed by atoms with van der Waals surface area (Å²) in [6.07, 6.45) is 0.986. The molecule has 1 aliphatic rings. The van der Waals surface area contributed by atoms with Gasteiger partial charge in [-0.3, -0.25) is 4.79 Å². The highest BCUT2D eigenvalue weighted by atomic mass is 35.5. The zero-order chi connectivity index (χ0) is 11.5. The highest BCUT2D eigenvalue weighted by Crippen LogP contribution is 2.20. The fourth-order valence-corrected chi connectivity index (χ4v) is 2.14. The summed E-state index contributed by atoms with van der Waals surface area (Å²) in [5.74, 6) is -0.354. The van der Waals surface area contributed by atoms with Crippen LogP contribution in [0.1, 0.15) is 12.0 Å². The van der Waals surface area contributed by atoms with Crippen molar-refractivity contribution >= 4 is 17.4 Å². The monoisotopic (exact) mass is 241 g/mol. The Morgan fingerprint density at radius 1 is 1.56 bits per heavy atom. The molecule has 1 aliphatic heterocycles. The third-order valence-electron chi connectivity index (χ3n) is 2.91. The molecule has 1 atom stereocenters. The van der Waals surface area contributed by atoms with Crippen molar-refractivity contribution < 1.29 is 9.18 Å². The van der Waals surface area contributed by atoms with Crippen LogP contribution in [0.3, 0.4) is 0 Å². The van der Waals surface area contributed by atoms with E-state index in [0.29, 0.717) is 12.1 Å². The Labute approximate surface area is 98.8 Å². The molecule has 1 heterocycles. The maximum atomic E-state index is 13.5. The van der Waals surface area contributed by atoms with E-state index in [-0.39, 0.29) is 23.1 Å². The third kappa shape index (κ3) is 2.42. The maximum absolute atomic E-state index is 13.5. The third-order valence-corrected chi connectivity index (χ3v) is 3.20. The van der Waals surface area contributed by atoms with Crippen LogP contribution >= 0.6 is 11.6 Å². The van der Waals surface area contributed by atoms with Gasteiger partial charge in [0.1, 0.15) is 11.6 Å². The van der Waals surface area contributed by atoms with Gasteiger partial charge in [-0.15, -0.1) is 0 Å². The molecule has 16 heavy (non-hydrogen) atoms. The molecule has 1 aromatic carbocycles. The lowest BCUT2D eigenvalue weighted by Crippen LogP contribution is -2.20. The van der Waals surface area contributed by atoms with Gasteiger partial charge in [0.2, 0.25) is 0 Å². The number of halogens is 2. The van der Waals surface area contributed by atoms with Crippen LogP contribution in [0.4, 0.5) is 4.39 Å². The fraction of sp³-hybridized carbons (Fsp3) is 0.417. The lowest BCUT2D eigenvalue weighted by atomic mass is 9.97. The van der Waals surface area contributed by atoms with Crippen LogP contribution in [0.5, 0.6) is 0 Å². The summed E-state index contributed by atoms with van der Waals surface area (Å²) in [7, 11) is 0. The van der Waals surface area contributed by atoms with Crippen LogP contribution in [0, 0.1) is 11.7 Å². The highest BCUT2D eigenvalue weighted by Gasteiger charge is 2.23. The van der Waals surface area contributed by atoms with Crippen LogP contribution in [-0.2, 0) is 11.2 Å². The molecule has 1 N–H and O–H groups in total. The topological polar surface area (TPSA) is 29.1 Å². The Balaban J connectivity index is 2.08. The van der Waals surface area contributed by atoms with Crippen molar-refractivity contribution in [3.05, 3.63) is 34.6 Å². The summed E-state index contributed by atoms with van der Waals surface area (Å²) >= 11 is 5.66. The van der Waals surface area contributed by atoms with E-state index in [9.17, 15) is 9.18 Å². The van der Waals surface area contributed by atoms with Gasteiger partial charge in [-0.1, -0.05) is 23.7 Å². The largest absolute Gasteiger partial charge is 0.316 e. The van der Waals surface area contributed by atoms with Crippen molar-refractivity contribution in [1.29, 1.82) is 0 Å². The highest BCUT2D eigenvalue weighted by molar-refractivity contribution is 6.30. The Hall–Kier alpha value is -0.930. The van der Waals surface area contributed by atoms with Gasteiger partial charge in [0.25, 0.3) is 0 Å². The first-order chi connectivity index (χ1) is 7.68. The van der Waals surface area contributed by atoms with Gasteiger partial charge >= 0.3 is 0 Å². The van der Waals surface area contributed by atoms with Gasteiger partial charge in [-0.05, 0) is 24.6 Å². The predicted molar refractivity (Wildman–Crippen MR) is 61.1 cm³/mol. The molecule has 0 spiro atoms. The lowest BCUT2D eigenvalue weighted by Gasteiger charge is -2.08. The van der Waals surface area contributed by atoms with Gasteiger partial charge in [0.05, 0.1) is 5.02 Å². The minimum Gasteiger partial charge on any atom is -0.316 e. The second kappa shape index (κ2) is 4.93. The van der Waals surface area contributed by atoms with E-state index in [2.05, 4.69) is 5.32 Å². The van der Waals surface area contributed by atoms with E-state index < -0.39 is 5.82 Å². The van der Waals surface area contributed by atoms with Crippen molar-refractivity contribution in [3.8, 4) is 0 Å². The molecule has 86 valence electrons. The van der Waals surface area contributed by atoms with E-state index in [1.54, 1.807) is 12.1 Å². The van der Waals surface area contributed by atoms with E-state index >= 15 is 0 Å². The summed E-state index contributed by atoms with van der Waals surface area (Å²) in [5, 5.41) is 3.20. The van der Waals surface area contributed by atoms with Crippen molar-refractivity contribution in [2.24, 2.45) is 5.92 Å². The van der Waals surface area contributed by atoms with Crippen LogP contribution in [-0.4, -0.2) is 18.9 Å². The molecule has 0 amide bonds. The fourth-order valence-electron chi connectivity index (χ4n) is 1.95. The average molecular weight is 242 g/mol. The lowest BCUT2D eigenvalue weighted by molar-refractivity contribution is -0.121. The first-order valence-corrected chi connectivity index (χ1v) is 5.72. The molecule has 0 aliphatic carbocycles. The first-order valence-electron chi connectivity index (χ1n) is 5.35. The molecule has 0 saturated carbocycles. The molecule has 2 nitrogen and oxygen atoms in total. The molecule has 1 fully saturated rings. The molecule has 1 aromatic rings. The molecule has 2 rings (SSSR count). The summed E-state index contributed by atoms with van der Waals surface area (Å²) in [5.41, 5.74) is 0.393. The van der Waals surface area contributed by atoms with Crippen LogP contribution in [0.2, 0.25) is 5.02 Å². The van der Waals surface area contributed by atoms with Gasteiger partial charge < -0.3 is 5.32 Å². The maximum Gasteiger partial charge on any atom is 0.145 e. The Morgan fingerprint density at radius 3 is 3.06 bits per heavy atom. The molecular formula is C12H13ClFNO. The number of hydrogen-bond acceptors (Lipinski definition) is 2. The van der Waals surface area contributed by atoms with Crippen LogP contribution in [0.15, 0.2) is 18.2 Å². The van der Waals surface area contributed by atoms with Crippen LogP contribution < -0.4 is 5.32 Å². The molecule has 4 heteroatoms. The van der Waals surface area contributed by atoms with Crippen molar-refractivity contribution in [2.75, 3.05) is 13.1 Å². The number of nitrogens with one attached hydrogen (secondary N) is 1. The zero-order valence-corrected chi connectivity index (χ0v) is 9.56. The molecule has 1 saturated heterocycles. The molecule has 0 radical (unpaired) electrons. The summed E-state index contributed by atoms with van der Waals surface area (Å²) in [6.45, 7) is 1.58. The minimum atomic E-state index is -0.469. The average Bonchev–Trinajstić information content (AvgIpc) is 2.78. The number of benzene rings is 1. The van der Waals surface area contributed by atoms with Crippen LogP contribution in [0.25, 0.3) is 0 Å². The van der Waals surface area contributed by atoms with Crippen molar-refractivity contribution in [3.63, 3.8) is 0 Å². The van der Waals surface area contributed by atoms with Gasteiger partial charge in [-0.25, -0.2) is 4.39 Å². The first kappa shape index (κ1) is 11.6. The quantitative estimate of drug-likeness (QED) is 0.879. The minimum absolute atomic E-state index is 0.0263. The Bertz CT molecular complexity index is 402. The predicted octanol–water partition coefficient (Wildman–Crippen LogP) is 2.20. The molecule has 0 aromatic heterocycles. The normalized spacial score (nSPS) is 20.0. The number of carbonyl (C=O) groups is 1. The van der Waals surface area contributed by atoms with E-state index in [4.69, 9.17) is 11.6 Å². The number of rotatable bonds is 3. The summed E-state index contributed by atoms with van der Waals surface area (Å²) in [6, 6.07) is 4.77. The van der Waals surface area contributed by atoms with Gasteiger partial charge in [0, 0.05) is 18.9 Å². The molecular weight excluding hydrogens is 229 g/mol. The summed E-state index contributed by atoms with van der Waals surface area (Å²) < 4.78 is 13.5. The Kier molecular flexibility index (Phi) is 3.56. The van der Waals surface area contributed by atoms with E-state index in [0.717, 1.165) is 13.0 Å². The summed E-state index contributed by atoms with van der Waals surface area (Å²) in [4.78, 5) is 11.8. The second-order valence-electron chi connectivity index (χ2n) is 4.05. The SMILES string of the molecule is O=C(Cc1cccc(Cl)c1F)C1CCNC1. The smallest absolute Gasteiger partial charge is 0.145 e. The standard InChI is InChI=1S/C12H13ClFNO/c13-10-3-1-2-8(12(10)14)6-11(16)9-4-5-15-7-9/h1-3,9,15H,4-7H2. The number of ketones is 1. The molecule has 0 bridgehead atoms. The van der Waals surface area contributed by atoms with E-state index in [1.807, 2.05) is 0 Å². The van der Waals surface area contributed by atoms with E-state index in [1.165, 1.54) is 6.07 Å². The van der Waals surface area contributed by atoms with Gasteiger partial charge in [0.15, 0.2) is 0 Å². The second-order valence-corrected chi connectivity index (χ2v) is 4.45. The number of carbonyl (C=O) groups excluding carboxylic acids is 1. The number of hydrogen-bond donors (Lipinski definition) is 1. The zero-order valence-electron chi connectivity index (χ0n) is 8.80. The Morgan fingerprint density at radius 2 is 2.38 bits per heavy atom. The van der Waals surface area contributed by atoms with Gasteiger partial charge in [-0.2, -0.15) is 0 Å². The van der Waals surface area contributed by atoms with Crippen molar-refractivity contribution in [2.45, 2.75) is 12.8 Å². The van der Waals surface area contributed by atoms with Crippen molar-refractivity contribution in [1.82, 2.24) is 5.32 Å². The number of Topliss-reactive ketones (excluding diaryl/α,β-unsaturated/α-hetero) is 1. The molecule has 1 unspecified atom stereocenters.